The van der Waals surface area contributed by atoms with E-state index in [1.807, 2.05) is 9.80 Å². The summed E-state index contributed by atoms with van der Waals surface area (Å²) in [6.45, 7) is 2.71. The molecule has 9 heteroatoms. The second kappa shape index (κ2) is 7.33. The van der Waals surface area contributed by atoms with E-state index in [4.69, 9.17) is 0 Å². The number of hydrogen-bond acceptors (Lipinski definition) is 4. The van der Waals surface area contributed by atoms with E-state index in [0.29, 0.717) is 49.2 Å². The van der Waals surface area contributed by atoms with E-state index in [0.717, 1.165) is 24.4 Å². The minimum Gasteiger partial charge on any atom is -0.342 e. The molecular formula is C24H23F2N5O2. The Balaban J connectivity index is 1.03. The first-order valence-electron chi connectivity index (χ1n) is 11.3. The number of H-pyrrole nitrogens is 1. The minimum atomic E-state index is -0.604. The molecule has 3 fully saturated rings. The molecule has 7 nitrogen and oxygen atoms in total. The highest BCUT2D eigenvalue weighted by Gasteiger charge is 2.50. The fourth-order valence-electron chi connectivity index (χ4n) is 5.44. The van der Waals surface area contributed by atoms with Gasteiger partial charge in [-0.25, -0.2) is 8.78 Å². The molecule has 6 rings (SSSR count). The molecule has 0 unspecified atom stereocenters. The number of carbonyl (C=O) groups excluding carboxylic acids is 2. The summed E-state index contributed by atoms with van der Waals surface area (Å²) in [5.74, 6) is -1.43. The molecule has 1 aromatic heterocycles. The quantitative estimate of drug-likeness (QED) is 0.664. The van der Waals surface area contributed by atoms with Gasteiger partial charge in [0.05, 0.1) is 0 Å². The van der Waals surface area contributed by atoms with Gasteiger partial charge >= 0.3 is 0 Å². The Labute approximate surface area is 188 Å². The predicted octanol–water partition coefficient (Wildman–Crippen LogP) is 3.10. The minimum absolute atomic E-state index is 0.00724. The maximum atomic E-state index is 13.5. The first kappa shape index (κ1) is 20.3. The fraction of sp³-hybridized carbons (Fsp3) is 0.417. The SMILES string of the molecule is O=C(c1ccc2n[nH]nc2c1)N1CC2(CCN(C(=O)[C@@H]3C[C@H]3c3cc(F)cc(F)c3)CC2)C1. The van der Waals surface area contributed by atoms with Crippen LogP contribution in [0.4, 0.5) is 8.78 Å². The van der Waals surface area contributed by atoms with Crippen LogP contribution < -0.4 is 0 Å². The molecule has 1 saturated carbocycles. The summed E-state index contributed by atoms with van der Waals surface area (Å²) < 4.78 is 27.0. The molecule has 0 bridgehead atoms. The Morgan fingerprint density at radius 3 is 2.36 bits per heavy atom. The molecule has 2 aromatic carbocycles. The standard InChI is InChI=1S/C24H23F2N5O2/c25-16-7-15(8-17(26)10-16)18-11-19(18)23(33)30-5-3-24(4-6-30)12-31(13-24)22(32)14-1-2-20-21(9-14)28-29-27-20/h1-2,7-10,18-19H,3-6,11-13H2,(H,27,28,29)/t18-,19+/m0/s1. The lowest BCUT2D eigenvalue weighted by Gasteiger charge is -2.54. The molecule has 2 saturated heterocycles. The summed E-state index contributed by atoms with van der Waals surface area (Å²) in [5, 5.41) is 10.6. The van der Waals surface area contributed by atoms with Gasteiger partial charge in [-0.2, -0.15) is 15.4 Å². The van der Waals surface area contributed by atoms with Crippen LogP contribution in [0, 0.1) is 23.0 Å². The van der Waals surface area contributed by atoms with E-state index >= 15 is 0 Å². The molecule has 1 aliphatic carbocycles. The van der Waals surface area contributed by atoms with Crippen molar-refractivity contribution in [2.24, 2.45) is 11.3 Å². The summed E-state index contributed by atoms with van der Waals surface area (Å²) in [6, 6.07) is 8.82. The van der Waals surface area contributed by atoms with Crippen LogP contribution in [0.3, 0.4) is 0 Å². The van der Waals surface area contributed by atoms with Gasteiger partial charge in [0.2, 0.25) is 5.91 Å². The van der Waals surface area contributed by atoms with Crippen molar-refractivity contribution >= 4 is 22.8 Å². The van der Waals surface area contributed by atoms with E-state index in [-0.39, 0.29) is 29.1 Å². The van der Waals surface area contributed by atoms with Crippen LogP contribution in [0.1, 0.15) is 41.1 Å². The van der Waals surface area contributed by atoms with E-state index < -0.39 is 11.6 Å². The van der Waals surface area contributed by atoms with Crippen molar-refractivity contribution in [2.45, 2.75) is 25.2 Å². The number of carbonyl (C=O) groups is 2. The highest BCUT2D eigenvalue weighted by atomic mass is 19.1. The lowest BCUT2D eigenvalue weighted by atomic mass is 9.71. The lowest BCUT2D eigenvalue weighted by molar-refractivity contribution is -0.137. The van der Waals surface area contributed by atoms with Gasteiger partial charge < -0.3 is 9.80 Å². The first-order valence-corrected chi connectivity index (χ1v) is 11.3. The van der Waals surface area contributed by atoms with Crippen LogP contribution in [0.5, 0.6) is 0 Å². The number of hydrogen-bond donors (Lipinski definition) is 1. The number of aromatic nitrogens is 3. The topological polar surface area (TPSA) is 82.2 Å². The zero-order chi connectivity index (χ0) is 22.7. The number of likely N-dealkylation sites (tertiary alicyclic amines) is 2. The normalized spacial score (nSPS) is 23.6. The largest absolute Gasteiger partial charge is 0.342 e. The van der Waals surface area contributed by atoms with Crippen LogP contribution >= 0.6 is 0 Å². The highest BCUT2D eigenvalue weighted by molar-refractivity contribution is 5.97. The zero-order valence-corrected chi connectivity index (χ0v) is 17.9. The van der Waals surface area contributed by atoms with Crippen LogP contribution in [0.2, 0.25) is 0 Å². The van der Waals surface area contributed by atoms with E-state index in [9.17, 15) is 18.4 Å². The van der Waals surface area contributed by atoms with Crippen LogP contribution in [-0.2, 0) is 4.79 Å². The smallest absolute Gasteiger partial charge is 0.253 e. The average Bonchev–Trinajstić information content (AvgIpc) is 3.45. The molecule has 2 amide bonds. The fourth-order valence-corrected chi connectivity index (χ4v) is 5.44. The molecule has 2 aliphatic heterocycles. The molecular weight excluding hydrogens is 428 g/mol. The molecule has 2 atom stereocenters. The Kier molecular flexibility index (Phi) is 4.50. The van der Waals surface area contributed by atoms with Crippen LogP contribution in [0.15, 0.2) is 36.4 Å². The van der Waals surface area contributed by atoms with Gasteiger partial charge in [-0.3, -0.25) is 9.59 Å². The molecule has 33 heavy (non-hydrogen) atoms. The predicted molar refractivity (Wildman–Crippen MR) is 115 cm³/mol. The number of benzene rings is 2. The van der Waals surface area contributed by atoms with Gasteiger partial charge in [0.25, 0.3) is 5.91 Å². The third kappa shape index (κ3) is 3.55. The number of nitrogens with one attached hydrogen (secondary N) is 1. The molecule has 170 valence electrons. The van der Waals surface area contributed by atoms with Crippen LogP contribution in [0.25, 0.3) is 11.0 Å². The lowest BCUT2D eigenvalue weighted by Crippen LogP contribution is -2.62. The summed E-state index contributed by atoms with van der Waals surface area (Å²) in [6.07, 6.45) is 2.36. The number of halogens is 2. The number of rotatable bonds is 3. The number of nitrogens with zero attached hydrogens (tertiary/aromatic N) is 4. The van der Waals surface area contributed by atoms with E-state index in [1.54, 1.807) is 18.2 Å². The van der Waals surface area contributed by atoms with Crippen LogP contribution in [-0.4, -0.2) is 63.2 Å². The summed E-state index contributed by atoms with van der Waals surface area (Å²) in [4.78, 5) is 29.5. The third-order valence-corrected chi connectivity index (χ3v) is 7.46. The number of aromatic amines is 1. The molecule has 3 aliphatic rings. The Bertz CT molecular complexity index is 1240. The summed E-state index contributed by atoms with van der Waals surface area (Å²) in [5.41, 5.74) is 2.63. The summed E-state index contributed by atoms with van der Waals surface area (Å²) in [7, 11) is 0. The van der Waals surface area contributed by atoms with Crippen molar-refractivity contribution in [1.82, 2.24) is 25.2 Å². The maximum absolute atomic E-state index is 13.5. The molecule has 3 aromatic rings. The van der Waals surface area contributed by atoms with Gasteiger partial charge in [-0.1, -0.05) is 0 Å². The van der Waals surface area contributed by atoms with Crippen molar-refractivity contribution in [3.8, 4) is 0 Å². The van der Waals surface area contributed by atoms with Gasteiger partial charge in [-0.05, 0) is 61.1 Å². The second-order valence-corrected chi connectivity index (χ2v) is 9.67. The molecule has 1 N–H and O–H groups in total. The van der Waals surface area contributed by atoms with Crippen molar-refractivity contribution in [3.63, 3.8) is 0 Å². The van der Waals surface area contributed by atoms with E-state index in [2.05, 4.69) is 15.4 Å². The van der Waals surface area contributed by atoms with Crippen molar-refractivity contribution in [3.05, 3.63) is 59.2 Å². The first-order chi connectivity index (χ1) is 15.9. The molecule has 3 heterocycles. The zero-order valence-electron chi connectivity index (χ0n) is 17.9. The third-order valence-electron chi connectivity index (χ3n) is 7.46. The van der Waals surface area contributed by atoms with Gasteiger partial charge in [0.15, 0.2) is 0 Å². The maximum Gasteiger partial charge on any atom is 0.253 e. The van der Waals surface area contributed by atoms with Crippen molar-refractivity contribution < 1.29 is 18.4 Å². The van der Waals surface area contributed by atoms with E-state index in [1.165, 1.54) is 12.1 Å². The number of fused-ring (bicyclic) bond motifs is 1. The summed E-state index contributed by atoms with van der Waals surface area (Å²) >= 11 is 0. The van der Waals surface area contributed by atoms with Crippen molar-refractivity contribution in [2.75, 3.05) is 26.2 Å². The molecule has 0 radical (unpaired) electrons. The number of amides is 2. The average molecular weight is 451 g/mol. The monoisotopic (exact) mass is 451 g/mol. The highest BCUT2D eigenvalue weighted by Crippen LogP contribution is 2.50. The van der Waals surface area contributed by atoms with Crippen molar-refractivity contribution in [1.29, 1.82) is 0 Å². The molecule has 1 spiro atoms. The van der Waals surface area contributed by atoms with Gasteiger partial charge in [-0.15, -0.1) is 0 Å². The van der Waals surface area contributed by atoms with Gasteiger partial charge in [0.1, 0.15) is 22.7 Å². The Hall–Kier alpha value is -3.36. The Morgan fingerprint density at radius 2 is 1.64 bits per heavy atom. The second-order valence-electron chi connectivity index (χ2n) is 9.67. The Morgan fingerprint density at radius 1 is 0.939 bits per heavy atom. The van der Waals surface area contributed by atoms with Gasteiger partial charge in [0, 0.05) is 49.1 Å². The number of piperidine rings is 1.